The molecule has 0 aliphatic rings. The van der Waals surface area contributed by atoms with Crippen molar-refractivity contribution in [2.45, 2.75) is 13.3 Å². The van der Waals surface area contributed by atoms with Gasteiger partial charge in [-0.15, -0.1) is 0 Å². The zero-order valence-electron chi connectivity index (χ0n) is 11.7. The Kier molecular flexibility index (Phi) is 7.57. The maximum atomic E-state index is 11.7. The summed E-state index contributed by atoms with van der Waals surface area (Å²) in [5, 5.41) is 0. The molecule has 0 aromatic carbocycles. The molecule has 1 amide bonds. The Morgan fingerprint density at radius 3 is 2.32 bits per heavy atom. The van der Waals surface area contributed by atoms with Gasteiger partial charge in [0.05, 0.1) is 20.1 Å². The summed E-state index contributed by atoms with van der Waals surface area (Å²) in [4.78, 5) is 23.8. The fourth-order valence-corrected chi connectivity index (χ4v) is 1.90. The average molecular weight is 295 g/mol. The molecule has 0 heterocycles. The van der Waals surface area contributed by atoms with Gasteiger partial charge in [-0.05, 0) is 6.92 Å². The molecule has 112 valence electrons. The van der Waals surface area contributed by atoms with Gasteiger partial charge in [-0.3, -0.25) is 9.59 Å². The highest BCUT2D eigenvalue weighted by Crippen LogP contribution is 1.97. The SMILES string of the molecule is CCN(C)C(=O)CNS(=O)(=O)N(C)CCC(=O)OC. The second-order valence-corrected chi connectivity index (χ2v) is 5.74. The van der Waals surface area contributed by atoms with Gasteiger partial charge < -0.3 is 9.64 Å². The predicted octanol–water partition coefficient (Wildman–Crippen LogP) is -1.21. The van der Waals surface area contributed by atoms with Crippen molar-refractivity contribution in [2.24, 2.45) is 0 Å². The van der Waals surface area contributed by atoms with Gasteiger partial charge in [-0.25, -0.2) is 0 Å². The minimum atomic E-state index is -3.77. The zero-order chi connectivity index (χ0) is 15.1. The van der Waals surface area contributed by atoms with Crippen molar-refractivity contribution in [2.75, 3.05) is 40.8 Å². The lowest BCUT2D eigenvalue weighted by Crippen LogP contribution is -2.44. The number of hydrogen-bond donors (Lipinski definition) is 1. The van der Waals surface area contributed by atoms with Crippen LogP contribution < -0.4 is 4.72 Å². The van der Waals surface area contributed by atoms with Crippen LogP contribution in [-0.4, -0.2) is 70.3 Å². The van der Waals surface area contributed by atoms with Gasteiger partial charge in [0.2, 0.25) is 5.91 Å². The fourth-order valence-electron chi connectivity index (χ4n) is 1.05. The van der Waals surface area contributed by atoms with Crippen LogP contribution in [0.2, 0.25) is 0 Å². The van der Waals surface area contributed by atoms with Crippen LogP contribution in [0.4, 0.5) is 0 Å². The van der Waals surface area contributed by atoms with Gasteiger partial charge in [0.1, 0.15) is 0 Å². The molecule has 0 aliphatic heterocycles. The van der Waals surface area contributed by atoms with E-state index in [1.165, 1.54) is 19.1 Å². The van der Waals surface area contributed by atoms with E-state index in [0.29, 0.717) is 6.54 Å². The molecule has 1 N–H and O–H groups in total. The normalized spacial score (nSPS) is 11.4. The summed E-state index contributed by atoms with van der Waals surface area (Å²) in [6.07, 6.45) is -0.0449. The van der Waals surface area contributed by atoms with Crippen LogP contribution in [0.25, 0.3) is 0 Å². The summed E-state index contributed by atoms with van der Waals surface area (Å²) >= 11 is 0. The van der Waals surface area contributed by atoms with Gasteiger partial charge in [0.15, 0.2) is 0 Å². The fraction of sp³-hybridized carbons (Fsp3) is 0.800. The van der Waals surface area contributed by atoms with E-state index in [1.54, 1.807) is 14.0 Å². The standard InChI is InChI=1S/C10H21N3O5S/c1-5-12(2)9(14)8-11-19(16,17)13(3)7-6-10(15)18-4/h11H,5-8H2,1-4H3. The first-order valence-corrected chi connectivity index (χ1v) is 7.20. The first-order valence-electron chi connectivity index (χ1n) is 5.76. The number of carbonyl (C=O) groups is 2. The zero-order valence-corrected chi connectivity index (χ0v) is 12.5. The molecule has 9 heteroatoms. The van der Waals surface area contributed by atoms with Crippen molar-refractivity contribution < 1.29 is 22.7 Å². The van der Waals surface area contributed by atoms with Crippen LogP contribution in [0.15, 0.2) is 0 Å². The van der Waals surface area contributed by atoms with Gasteiger partial charge in [0, 0.05) is 27.2 Å². The first-order chi connectivity index (χ1) is 8.74. The van der Waals surface area contributed by atoms with Gasteiger partial charge in [-0.2, -0.15) is 17.4 Å². The lowest BCUT2D eigenvalue weighted by atomic mass is 10.4. The summed E-state index contributed by atoms with van der Waals surface area (Å²) in [5.74, 6) is -0.823. The smallest absolute Gasteiger partial charge is 0.306 e. The number of carbonyl (C=O) groups excluding carboxylic acids is 2. The molecule has 0 aliphatic carbocycles. The van der Waals surface area contributed by atoms with Crippen LogP contribution in [-0.2, 0) is 24.5 Å². The van der Waals surface area contributed by atoms with E-state index in [1.807, 2.05) is 0 Å². The molecule has 0 radical (unpaired) electrons. The highest BCUT2D eigenvalue weighted by Gasteiger charge is 2.20. The van der Waals surface area contributed by atoms with Crippen LogP contribution in [0.5, 0.6) is 0 Å². The Hall–Kier alpha value is -1.19. The van der Waals surface area contributed by atoms with Crippen molar-refractivity contribution in [3.05, 3.63) is 0 Å². The Balaban J connectivity index is 4.31. The lowest BCUT2D eigenvalue weighted by molar-refractivity contribution is -0.140. The van der Waals surface area contributed by atoms with E-state index in [9.17, 15) is 18.0 Å². The van der Waals surface area contributed by atoms with E-state index >= 15 is 0 Å². The summed E-state index contributed by atoms with van der Waals surface area (Å²) in [6, 6.07) is 0. The van der Waals surface area contributed by atoms with Crippen molar-refractivity contribution in [3.8, 4) is 0 Å². The van der Waals surface area contributed by atoms with Crippen LogP contribution in [0.1, 0.15) is 13.3 Å². The number of ether oxygens (including phenoxy) is 1. The van der Waals surface area contributed by atoms with Crippen LogP contribution in [0, 0.1) is 0 Å². The summed E-state index contributed by atoms with van der Waals surface area (Å²) in [6.45, 7) is 1.96. The topological polar surface area (TPSA) is 96.0 Å². The molecule has 0 fully saturated rings. The second kappa shape index (κ2) is 8.08. The molecule has 0 atom stereocenters. The maximum Gasteiger partial charge on any atom is 0.306 e. The average Bonchev–Trinajstić information content (AvgIpc) is 2.40. The monoisotopic (exact) mass is 295 g/mol. The molecule has 0 rings (SSSR count). The molecule has 0 bridgehead atoms. The van der Waals surface area contributed by atoms with E-state index in [2.05, 4.69) is 9.46 Å². The van der Waals surface area contributed by atoms with Crippen LogP contribution in [0.3, 0.4) is 0 Å². The summed E-state index contributed by atoms with van der Waals surface area (Å²) in [5.41, 5.74) is 0. The molecular weight excluding hydrogens is 274 g/mol. The van der Waals surface area contributed by atoms with Crippen molar-refractivity contribution >= 4 is 22.1 Å². The lowest BCUT2D eigenvalue weighted by Gasteiger charge is -2.19. The molecule has 8 nitrogen and oxygen atoms in total. The van der Waals surface area contributed by atoms with Crippen LogP contribution >= 0.6 is 0 Å². The van der Waals surface area contributed by atoms with Crippen molar-refractivity contribution in [1.29, 1.82) is 0 Å². The minimum absolute atomic E-state index is 0.0141. The largest absolute Gasteiger partial charge is 0.469 e. The van der Waals surface area contributed by atoms with Crippen molar-refractivity contribution in [3.63, 3.8) is 0 Å². The quantitative estimate of drug-likeness (QED) is 0.567. The number of likely N-dealkylation sites (N-methyl/N-ethyl adjacent to an activating group) is 1. The molecule has 0 saturated carbocycles. The molecule has 0 aromatic rings. The van der Waals surface area contributed by atoms with E-state index in [-0.39, 0.29) is 25.4 Å². The van der Waals surface area contributed by atoms with Gasteiger partial charge in [0.25, 0.3) is 10.2 Å². The number of esters is 1. The first kappa shape index (κ1) is 17.8. The molecule has 0 unspecified atom stereocenters. The Morgan fingerprint density at radius 1 is 1.26 bits per heavy atom. The number of nitrogens with zero attached hydrogens (tertiary/aromatic N) is 2. The highest BCUT2D eigenvalue weighted by atomic mass is 32.2. The highest BCUT2D eigenvalue weighted by molar-refractivity contribution is 7.87. The maximum absolute atomic E-state index is 11.7. The van der Waals surface area contributed by atoms with Gasteiger partial charge in [-0.1, -0.05) is 0 Å². The third kappa shape index (κ3) is 6.50. The van der Waals surface area contributed by atoms with Gasteiger partial charge >= 0.3 is 5.97 Å². The molecule has 0 aromatic heterocycles. The number of rotatable bonds is 8. The van der Waals surface area contributed by atoms with Crippen molar-refractivity contribution in [1.82, 2.24) is 13.9 Å². The third-order valence-corrected chi connectivity index (χ3v) is 4.09. The second-order valence-electron chi connectivity index (χ2n) is 3.88. The Morgan fingerprint density at radius 2 is 1.84 bits per heavy atom. The number of methoxy groups -OCH3 is 1. The summed E-state index contributed by atoms with van der Waals surface area (Å²) < 4.78 is 31.0. The molecular formula is C10H21N3O5S. The molecule has 0 spiro atoms. The van der Waals surface area contributed by atoms with E-state index in [0.717, 1.165) is 4.31 Å². The number of hydrogen-bond acceptors (Lipinski definition) is 5. The Bertz CT molecular complexity index is 409. The van der Waals surface area contributed by atoms with E-state index < -0.39 is 16.2 Å². The minimum Gasteiger partial charge on any atom is -0.469 e. The molecule has 19 heavy (non-hydrogen) atoms. The summed E-state index contributed by atoms with van der Waals surface area (Å²) in [7, 11) is 0.357. The number of amides is 1. The predicted molar refractivity (Wildman–Crippen MR) is 69.5 cm³/mol. The van der Waals surface area contributed by atoms with E-state index in [4.69, 9.17) is 0 Å². The third-order valence-electron chi connectivity index (χ3n) is 2.57. The Labute approximate surface area is 113 Å². The number of nitrogens with one attached hydrogen (secondary N) is 1. The molecule has 0 saturated heterocycles.